The molecule has 0 aliphatic rings. The van der Waals surface area contributed by atoms with Crippen molar-refractivity contribution in [1.82, 2.24) is 5.32 Å². The van der Waals surface area contributed by atoms with E-state index in [4.69, 9.17) is 11.6 Å². The van der Waals surface area contributed by atoms with Crippen molar-refractivity contribution in [3.8, 4) is 0 Å². The molecular formula is C22H17ClF2N2O2. The quantitative estimate of drug-likeness (QED) is 0.588. The SMILES string of the molecule is O=C(C[C@@H](NC(=O)c1ccccc1Cl)c1ccccc1)Nc1ccc(F)c(F)c1. The first-order chi connectivity index (χ1) is 13.9. The maximum Gasteiger partial charge on any atom is 0.253 e. The van der Waals surface area contributed by atoms with Crippen molar-refractivity contribution in [2.75, 3.05) is 5.32 Å². The predicted molar refractivity (Wildman–Crippen MR) is 108 cm³/mol. The van der Waals surface area contributed by atoms with Gasteiger partial charge >= 0.3 is 0 Å². The van der Waals surface area contributed by atoms with Crippen LogP contribution < -0.4 is 10.6 Å². The zero-order valence-electron chi connectivity index (χ0n) is 15.2. The number of nitrogens with one attached hydrogen (secondary N) is 2. The van der Waals surface area contributed by atoms with Crippen LogP contribution in [0, 0.1) is 11.6 Å². The zero-order chi connectivity index (χ0) is 20.8. The van der Waals surface area contributed by atoms with Crippen LogP contribution in [0.25, 0.3) is 0 Å². The van der Waals surface area contributed by atoms with E-state index in [2.05, 4.69) is 10.6 Å². The van der Waals surface area contributed by atoms with E-state index < -0.39 is 29.5 Å². The van der Waals surface area contributed by atoms with Gasteiger partial charge in [0.25, 0.3) is 5.91 Å². The molecule has 0 heterocycles. The van der Waals surface area contributed by atoms with E-state index in [1.807, 2.05) is 6.07 Å². The van der Waals surface area contributed by atoms with Crippen molar-refractivity contribution >= 4 is 29.1 Å². The first-order valence-corrected chi connectivity index (χ1v) is 9.17. The van der Waals surface area contributed by atoms with E-state index in [1.54, 1.807) is 48.5 Å². The van der Waals surface area contributed by atoms with Crippen LogP contribution in [0.15, 0.2) is 72.8 Å². The Morgan fingerprint density at radius 2 is 1.59 bits per heavy atom. The summed E-state index contributed by atoms with van der Waals surface area (Å²) in [5.74, 6) is -2.96. The van der Waals surface area contributed by atoms with Crippen LogP contribution in [0.4, 0.5) is 14.5 Å². The van der Waals surface area contributed by atoms with Gasteiger partial charge < -0.3 is 10.6 Å². The first kappa shape index (κ1) is 20.5. The van der Waals surface area contributed by atoms with E-state index in [0.29, 0.717) is 10.6 Å². The van der Waals surface area contributed by atoms with Crippen LogP contribution in [0.1, 0.15) is 28.4 Å². The number of rotatable bonds is 6. The second-order valence-electron chi connectivity index (χ2n) is 6.30. The van der Waals surface area contributed by atoms with Gasteiger partial charge in [-0.2, -0.15) is 0 Å². The molecule has 2 amide bonds. The van der Waals surface area contributed by atoms with E-state index >= 15 is 0 Å². The molecule has 2 N–H and O–H groups in total. The number of halogens is 3. The third kappa shape index (κ3) is 5.39. The summed E-state index contributed by atoms with van der Waals surface area (Å²) in [6.07, 6.45) is -0.112. The van der Waals surface area contributed by atoms with Gasteiger partial charge in [0.15, 0.2) is 11.6 Å². The van der Waals surface area contributed by atoms with E-state index in [1.165, 1.54) is 6.07 Å². The van der Waals surface area contributed by atoms with Gasteiger partial charge in [0, 0.05) is 11.8 Å². The fourth-order valence-corrected chi connectivity index (χ4v) is 3.01. The van der Waals surface area contributed by atoms with Gasteiger partial charge in [-0.05, 0) is 29.8 Å². The number of anilines is 1. The van der Waals surface area contributed by atoms with Crippen LogP contribution in [-0.2, 0) is 4.79 Å². The molecule has 0 fully saturated rings. The van der Waals surface area contributed by atoms with E-state index in [9.17, 15) is 18.4 Å². The number of hydrogen-bond acceptors (Lipinski definition) is 2. The average molecular weight is 415 g/mol. The molecule has 148 valence electrons. The Morgan fingerprint density at radius 1 is 0.897 bits per heavy atom. The van der Waals surface area contributed by atoms with Crippen molar-refractivity contribution in [2.24, 2.45) is 0 Å². The topological polar surface area (TPSA) is 58.2 Å². The fourth-order valence-electron chi connectivity index (χ4n) is 2.79. The third-order valence-corrected chi connectivity index (χ3v) is 4.55. The Balaban J connectivity index is 1.77. The summed E-state index contributed by atoms with van der Waals surface area (Å²) in [5.41, 5.74) is 1.13. The Bertz CT molecular complexity index is 1030. The third-order valence-electron chi connectivity index (χ3n) is 4.22. The molecule has 0 aromatic heterocycles. The first-order valence-electron chi connectivity index (χ1n) is 8.79. The van der Waals surface area contributed by atoms with Crippen LogP contribution in [0.2, 0.25) is 5.02 Å². The van der Waals surface area contributed by atoms with Crippen molar-refractivity contribution in [2.45, 2.75) is 12.5 Å². The number of hydrogen-bond donors (Lipinski definition) is 2. The number of amides is 2. The van der Waals surface area contributed by atoms with Crippen LogP contribution >= 0.6 is 11.6 Å². The molecule has 0 saturated carbocycles. The summed E-state index contributed by atoms with van der Waals surface area (Å²) in [6.45, 7) is 0. The second-order valence-corrected chi connectivity index (χ2v) is 6.70. The minimum atomic E-state index is -1.06. The molecule has 29 heavy (non-hydrogen) atoms. The Hall–Kier alpha value is -3.25. The fraction of sp³-hybridized carbons (Fsp3) is 0.0909. The largest absolute Gasteiger partial charge is 0.345 e. The lowest BCUT2D eigenvalue weighted by Gasteiger charge is -2.19. The molecule has 0 bridgehead atoms. The summed E-state index contributed by atoms with van der Waals surface area (Å²) in [4.78, 5) is 25.1. The molecule has 0 aliphatic heterocycles. The maximum absolute atomic E-state index is 13.4. The van der Waals surface area contributed by atoms with Gasteiger partial charge in [0.2, 0.25) is 5.91 Å². The molecule has 1 atom stereocenters. The zero-order valence-corrected chi connectivity index (χ0v) is 15.9. The highest BCUT2D eigenvalue weighted by molar-refractivity contribution is 6.33. The van der Waals surface area contributed by atoms with Crippen molar-refractivity contribution in [3.63, 3.8) is 0 Å². The van der Waals surface area contributed by atoms with E-state index in [-0.39, 0.29) is 17.7 Å². The molecule has 7 heteroatoms. The lowest BCUT2D eigenvalue weighted by molar-refractivity contribution is -0.116. The monoisotopic (exact) mass is 414 g/mol. The summed E-state index contributed by atoms with van der Waals surface area (Å²) in [7, 11) is 0. The smallest absolute Gasteiger partial charge is 0.253 e. The highest BCUT2D eigenvalue weighted by Gasteiger charge is 2.20. The maximum atomic E-state index is 13.4. The summed E-state index contributed by atoms with van der Waals surface area (Å²) in [6, 6.07) is 18.0. The van der Waals surface area contributed by atoms with Crippen molar-refractivity contribution in [1.29, 1.82) is 0 Å². The Morgan fingerprint density at radius 3 is 2.28 bits per heavy atom. The minimum absolute atomic E-state index is 0.112. The molecule has 0 saturated heterocycles. The molecule has 0 aliphatic carbocycles. The molecular weight excluding hydrogens is 398 g/mol. The van der Waals surface area contributed by atoms with Gasteiger partial charge in [-0.25, -0.2) is 8.78 Å². The van der Waals surface area contributed by atoms with Crippen molar-refractivity contribution < 1.29 is 18.4 Å². The molecule has 0 spiro atoms. The Kier molecular flexibility index (Phi) is 6.57. The molecule has 3 aromatic rings. The van der Waals surface area contributed by atoms with Gasteiger partial charge in [-0.3, -0.25) is 9.59 Å². The number of benzene rings is 3. The second kappa shape index (κ2) is 9.30. The highest BCUT2D eigenvalue weighted by Crippen LogP contribution is 2.21. The molecule has 4 nitrogen and oxygen atoms in total. The van der Waals surface area contributed by atoms with Gasteiger partial charge in [0.05, 0.1) is 23.0 Å². The van der Waals surface area contributed by atoms with Crippen molar-refractivity contribution in [3.05, 3.63) is 101 Å². The van der Waals surface area contributed by atoms with Crippen LogP contribution in [-0.4, -0.2) is 11.8 Å². The minimum Gasteiger partial charge on any atom is -0.345 e. The summed E-state index contributed by atoms with van der Waals surface area (Å²) < 4.78 is 26.4. The molecule has 0 radical (unpaired) electrons. The van der Waals surface area contributed by atoms with E-state index in [0.717, 1.165) is 12.1 Å². The normalized spacial score (nSPS) is 11.6. The number of carbonyl (C=O) groups excluding carboxylic acids is 2. The molecule has 3 aromatic carbocycles. The van der Waals surface area contributed by atoms with Gasteiger partial charge in [-0.15, -0.1) is 0 Å². The van der Waals surface area contributed by atoms with Crippen LogP contribution in [0.5, 0.6) is 0 Å². The Labute approximate surface area is 171 Å². The van der Waals surface area contributed by atoms with Gasteiger partial charge in [0.1, 0.15) is 0 Å². The average Bonchev–Trinajstić information content (AvgIpc) is 2.71. The van der Waals surface area contributed by atoms with Crippen LogP contribution in [0.3, 0.4) is 0 Å². The predicted octanol–water partition coefficient (Wildman–Crippen LogP) is 5.12. The lowest BCUT2D eigenvalue weighted by Crippen LogP contribution is -2.31. The standard InChI is InChI=1S/C22H17ClF2N2O2/c23-17-9-5-4-8-16(17)22(29)27-20(14-6-2-1-3-7-14)13-21(28)26-15-10-11-18(24)19(25)12-15/h1-12,20H,13H2,(H,26,28)(H,27,29)/t20-/m1/s1. The highest BCUT2D eigenvalue weighted by atomic mass is 35.5. The summed E-state index contributed by atoms with van der Waals surface area (Å²) in [5, 5.41) is 5.62. The molecule has 0 unspecified atom stereocenters. The summed E-state index contributed by atoms with van der Waals surface area (Å²) >= 11 is 6.08. The van der Waals surface area contributed by atoms with Gasteiger partial charge in [-0.1, -0.05) is 54.1 Å². The number of carbonyl (C=O) groups is 2. The lowest BCUT2D eigenvalue weighted by atomic mass is 10.0. The molecule has 3 rings (SSSR count).